The summed E-state index contributed by atoms with van der Waals surface area (Å²) in [4.78, 5) is 9.74. The number of ether oxygens (including phenoxy) is 1. The molecule has 2 N–H and O–H groups in total. The van der Waals surface area contributed by atoms with Crippen LogP contribution in [0.15, 0.2) is 4.99 Å². The zero-order chi connectivity index (χ0) is 16.7. The molecule has 2 rings (SSSR count). The smallest absolute Gasteiger partial charge is 0.191 e. The average molecular weight is 326 g/mol. The average Bonchev–Trinajstić information content (AvgIpc) is 2.90. The van der Waals surface area contributed by atoms with E-state index in [9.17, 15) is 0 Å². The van der Waals surface area contributed by atoms with Crippen LogP contribution < -0.4 is 10.6 Å². The molecular formula is C17H35N5O. The third-order valence-electron chi connectivity index (χ3n) is 4.83. The number of nitrogens with zero attached hydrogens (tertiary/aromatic N) is 3. The van der Waals surface area contributed by atoms with Crippen molar-refractivity contribution < 1.29 is 4.74 Å². The lowest BCUT2D eigenvalue weighted by atomic mass is 10.1. The van der Waals surface area contributed by atoms with Crippen molar-refractivity contribution in [1.82, 2.24) is 20.4 Å². The van der Waals surface area contributed by atoms with E-state index in [0.717, 1.165) is 58.4 Å². The third-order valence-corrected chi connectivity index (χ3v) is 4.83. The number of aliphatic imine (C=N–C) groups is 1. The molecule has 2 fully saturated rings. The highest BCUT2D eigenvalue weighted by Gasteiger charge is 2.31. The third kappa shape index (κ3) is 5.94. The Morgan fingerprint density at radius 2 is 2.00 bits per heavy atom. The Hall–Kier alpha value is -0.850. The number of morpholine rings is 1. The summed E-state index contributed by atoms with van der Waals surface area (Å²) in [5, 5.41) is 7.03. The summed E-state index contributed by atoms with van der Waals surface area (Å²) in [6.07, 6.45) is 0. The van der Waals surface area contributed by atoms with Gasteiger partial charge in [0.25, 0.3) is 0 Å². The molecule has 0 spiro atoms. The minimum atomic E-state index is 0.485. The maximum atomic E-state index is 5.39. The molecule has 2 atom stereocenters. The van der Waals surface area contributed by atoms with Gasteiger partial charge < -0.3 is 15.4 Å². The van der Waals surface area contributed by atoms with Gasteiger partial charge >= 0.3 is 0 Å². The second kappa shape index (κ2) is 9.45. The van der Waals surface area contributed by atoms with Gasteiger partial charge in [-0.3, -0.25) is 14.8 Å². The van der Waals surface area contributed by atoms with Crippen LogP contribution >= 0.6 is 0 Å². The minimum absolute atomic E-state index is 0.485. The molecule has 2 unspecified atom stereocenters. The number of likely N-dealkylation sites (tertiary alicyclic amines) is 1. The van der Waals surface area contributed by atoms with Gasteiger partial charge in [-0.15, -0.1) is 0 Å². The molecule has 6 heteroatoms. The van der Waals surface area contributed by atoms with Crippen molar-refractivity contribution in [2.75, 3.05) is 59.0 Å². The van der Waals surface area contributed by atoms with Crippen LogP contribution in [0.2, 0.25) is 0 Å². The zero-order valence-corrected chi connectivity index (χ0v) is 15.3. The number of rotatable bonds is 6. The van der Waals surface area contributed by atoms with Gasteiger partial charge in [-0.05, 0) is 26.7 Å². The number of guanidine groups is 1. The van der Waals surface area contributed by atoms with Gasteiger partial charge in [0, 0.05) is 51.4 Å². The summed E-state index contributed by atoms with van der Waals surface area (Å²) < 4.78 is 5.39. The van der Waals surface area contributed by atoms with Gasteiger partial charge in [0.15, 0.2) is 5.96 Å². The fourth-order valence-electron chi connectivity index (χ4n) is 3.24. The molecule has 0 saturated carbocycles. The molecule has 134 valence electrons. The SMILES string of the molecule is CCNC(=NCCN1CCOCC1)NC1CN(C(C)C)CC1C. The lowest BCUT2D eigenvalue weighted by Crippen LogP contribution is -2.47. The van der Waals surface area contributed by atoms with E-state index in [1.165, 1.54) is 6.54 Å². The quantitative estimate of drug-likeness (QED) is 0.553. The topological polar surface area (TPSA) is 52.1 Å². The Morgan fingerprint density at radius 3 is 2.61 bits per heavy atom. The van der Waals surface area contributed by atoms with Crippen LogP contribution in [0, 0.1) is 5.92 Å². The van der Waals surface area contributed by atoms with E-state index in [4.69, 9.17) is 9.73 Å². The molecule has 0 radical (unpaired) electrons. The van der Waals surface area contributed by atoms with Gasteiger partial charge in [-0.2, -0.15) is 0 Å². The molecule has 0 aliphatic carbocycles. The molecule has 0 bridgehead atoms. The monoisotopic (exact) mass is 325 g/mol. The lowest BCUT2D eigenvalue weighted by Gasteiger charge is -2.26. The summed E-state index contributed by atoms with van der Waals surface area (Å²) in [5.41, 5.74) is 0. The Balaban J connectivity index is 1.81. The predicted molar refractivity (Wildman–Crippen MR) is 96.0 cm³/mol. The van der Waals surface area contributed by atoms with Gasteiger partial charge in [0.1, 0.15) is 0 Å². The van der Waals surface area contributed by atoms with E-state index in [1.54, 1.807) is 0 Å². The minimum Gasteiger partial charge on any atom is -0.379 e. The predicted octanol–water partition coefficient (Wildman–Crippen LogP) is 0.602. The molecule has 6 nitrogen and oxygen atoms in total. The summed E-state index contributed by atoms with van der Waals surface area (Å²) in [6.45, 7) is 17.8. The van der Waals surface area contributed by atoms with E-state index < -0.39 is 0 Å². The van der Waals surface area contributed by atoms with Crippen molar-refractivity contribution in [3.05, 3.63) is 0 Å². The maximum absolute atomic E-state index is 5.39. The summed E-state index contributed by atoms with van der Waals surface area (Å²) in [6, 6.07) is 1.10. The van der Waals surface area contributed by atoms with Crippen molar-refractivity contribution in [3.63, 3.8) is 0 Å². The van der Waals surface area contributed by atoms with Crippen LogP contribution in [0.1, 0.15) is 27.7 Å². The summed E-state index contributed by atoms with van der Waals surface area (Å²) >= 11 is 0. The highest BCUT2D eigenvalue weighted by Crippen LogP contribution is 2.18. The van der Waals surface area contributed by atoms with Gasteiger partial charge in [-0.1, -0.05) is 6.92 Å². The largest absolute Gasteiger partial charge is 0.379 e. The Labute approximate surface area is 141 Å². The molecule has 0 aromatic carbocycles. The van der Waals surface area contributed by atoms with Gasteiger partial charge in [0.2, 0.25) is 0 Å². The molecule has 2 aliphatic heterocycles. The molecule has 2 saturated heterocycles. The molecular weight excluding hydrogens is 290 g/mol. The van der Waals surface area contributed by atoms with E-state index in [-0.39, 0.29) is 0 Å². The number of nitrogens with one attached hydrogen (secondary N) is 2. The summed E-state index contributed by atoms with van der Waals surface area (Å²) in [7, 11) is 0. The van der Waals surface area contributed by atoms with Gasteiger partial charge in [0.05, 0.1) is 19.8 Å². The molecule has 0 amide bonds. The van der Waals surface area contributed by atoms with Crippen molar-refractivity contribution >= 4 is 5.96 Å². The van der Waals surface area contributed by atoms with Crippen LogP contribution in [0.4, 0.5) is 0 Å². The van der Waals surface area contributed by atoms with Crippen LogP contribution in [0.5, 0.6) is 0 Å². The Bertz CT molecular complexity index is 368. The second-order valence-electron chi connectivity index (χ2n) is 6.99. The number of hydrogen-bond acceptors (Lipinski definition) is 4. The number of hydrogen-bond donors (Lipinski definition) is 2. The van der Waals surface area contributed by atoms with Crippen molar-refractivity contribution in [2.45, 2.75) is 39.8 Å². The fourth-order valence-corrected chi connectivity index (χ4v) is 3.24. The van der Waals surface area contributed by atoms with E-state index in [1.807, 2.05) is 0 Å². The first-order valence-electron chi connectivity index (χ1n) is 9.19. The van der Waals surface area contributed by atoms with E-state index >= 15 is 0 Å². The maximum Gasteiger partial charge on any atom is 0.191 e. The molecule has 2 aliphatic rings. The standard InChI is InChI=1S/C17H35N5O/c1-5-18-17(19-6-7-21-8-10-23-11-9-21)20-16-13-22(14(2)3)12-15(16)4/h14-16H,5-13H2,1-4H3,(H2,18,19,20). The van der Waals surface area contributed by atoms with Gasteiger partial charge in [-0.25, -0.2) is 0 Å². The van der Waals surface area contributed by atoms with E-state index in [2.05, 4.69) is 48.1 Å². The first-order valence-corrected chi connectivity index (χ1v) is 9.19. The summed E-state index contributed by atoms with van der Waals surface area (Å²) in [5.74, 6) is 1.61. The molecule has 23 heavy (non-hydrogen) atoms. The molecule has 0 aromatic rings. The van der Waals surface area contributed by atoms with E-state index in [0.29, 0.717) is 18.0 Å². The first-order chi connectivity index (χ1) is 11.1. The van der Waals surface area contributed by atoms with Crippen LogP contribution in [0.25, 0.3) is 0 Å². The fraction of sp³-hybridized carbons (Fsp3) is 0.941. The Morgan fingerprint density at radius 1 is 1.26 bits per heavy atom. The van der Waals surface area contributed by atoms with Crippen molar-refractivity contribution in [3.8, 4) is 0 Å². The van der Waals surface area contributed by atoms with Crippen molar-refractivity contribution in [1.29, 1.82) is 0 Å². The zero-order valence-electron chi connectivity index (χ0n) is 15.3. The molecule has 0 aromatic heterocycles. The highest BCUT2D eigenvalue weighted by atomic mass is 16.5. The van der Waals surface area contributed by atoms with Crippen LogP contribution in [-0.4, -0.2) is 86.9 Å². The first kappa shape index (κ1) is 18.5. The van der Waals surface area contributed by atoms with Crippen LogP contribution in [-0.2, 0) is 4.74 Å². The van der Waals surface area contributed by atoms with Crippen molar-refractivity contribution in [2.24, 2.45) is 10.9 Å². The molecule has 2 heterocycles. The highest BCUT2D eigenvalue weighted by molar-refractivity contribution is 5.80. The Kier molecular flexibility index (Phi) is 7.59. The lowest BCUT2D eigenvalue weighted by molar-refractivity contribution is 0.0394. The normalized spacial score (nSPS) is 27.6. The van der Waals surface area contributed by atoms with Crippen LogP contribution in [0.3, 0.4) is 0 Å². The second-order valence-corrected chi connectivity index (χ2v) is 6.99.